The lowest BCUT2D eigenvalue weighted by Gasteiger charge is -2.28. The van der Waals surface area contributed by atoms with Gasteiger partial charge in [-0.05, 0) is 43.7 Å². The fraction of sp³-hybridized carbons (Fsp3) is 0.667. The van der Waals surface area contributed by atoms with Crippen molar-refractivity contribution in [3.63, 3.8) is 0 Å². The summed E-state index contributed by atoms with van der Waals surface area (Å²) in [7, 11) is 0. The van der Waals surface area contributed by atoms with E-state index in [0.717, 1.165) is 18.8 Å². The molecule has 1 fully saturated rings. The van der Waals surface area contributed by atoms with E-state index in [9.17, 15) is 8.78 Å². The molecule has 124 valence electrons. The first-order valence-corrected chi connectivity index (χ1v) is 8.39. The molecule has 0 atom stereocenters. The van der Waals surface area contributed by atoms with Crippen molar-refractivity contribution >= 4 is 0 Å². The van der Waals surface area contributed by atoms with Gasteiger partial charge in [-0.3, -0.25) is 0 Å². The van der Waals surface area contributed by atoms with Crippen molar-refractivity contribution in [2.45, 2.75) is 52.4 Å². The van der Waals surface area contributed by atoms with E-state index in [-0.39, 0.29) is 11.5 Å². The first-order chi connectivity index (χ1) is 10.7. The molecule has 0 unspecified atom stereocenters. The van der Waals surface area contributed by atoms with Crippen LogP contribution in [0.3, 0.4) is 0 Å². The standard InChI is InChI=1S/C18H26F2O2/c1-3-5-13-6-8-14(9-7-13)12-22-16-11-10-15(21-4-2)17(19)18(16)20/h10-11,13-14H,3-9,12H2,1-2H3/t13-,14-. The highest BCUT2D eigenvalue weighted by Gasteiger charge is 2.22. The van der Waals surface area contributed by atoms with E-state index in [0.29, 0.717) is 19.1 Å². The van der Waals surface area contributed by atoms with Crippen molar-refractivity contribution in [1.82, 2.24) is 0 Å². The number of hydrogen-bond donors (Lipinski definition) is 0. The molecular formula is C18H26F2O2. The zero-order valence-electron chi connectivity index (χ0n) is 13.5. The van der Waals surface area contributed by atoms with E-state index in [1.807, 2.05) is 0 Å². The highest BCUT2D eigenvalue weighted by atomic mass is 19.2. The number of ether oxygens (including phenoxy) is 2. The Balaban J connectivity index is 1.86. The van der Waals surface area contributed by atoms with Crippen LogP contribution >= 0.6 is 0 Å². The number of hydrogen-bond acceptors (Lipinski definition) is 2. The van der Waals surface area contributed by atoms with Gasteiger partial charge < -0.3 is 9.47 Å². The Morgan fingerprint density at radius 3 is 2.00 bits per heavy atom. The van der Waals surface area contributed by atoms with Gasteiger partial charge in [-0.1, -0.05) is 32.6 Å². The highest BCUT2D eigenvalue weighted by molar-refractivity contribution is 5.35. The molecule has 0 N–H and O–H groups in total. The van der Waals surface area contributed by atoms with E-state index in [4.69, 9.17) is 9.47 Å². The predicted octanol–water partition coefficient (Wildman–Crippen LogP) is 5.35. The second-order valence-electron chi connectivity index (χ2n) is 6.11. The van der Waals surface area contributed by atoms with Crippen LogP contribution in [0.25, 0.3) is 0 Å². The Morgan fingerprint density at radius 1 is 0.909 bits per heavy atom. The van der Waals surface area contributed by atoms with Gasteiger partial charge in [-0.25, -0.2) is 0 Å². The summed E-state index contributed by atoms with van der Waals surface area (Å²) in [6.07, 6.45) is 7.22. The molecule has 1 aromatic carbocycles. The Kier molecular flexibility index (Phi) is 6.47. The summed E-state index contributed by atoms with van der Waals surface area (Å²) in [4.78, 5) is 0. The molecule has 22 heavy (non-hydrogen) atoms. The maximum atomic E-state index is 13.9. The smallest absolute Gasteiger partial charge is 0.204 e. The van der Waals surface area contributed by atoms with Crippen LogP contribution in [0.15, 0.2) is 12.1 Å². The summed E-state index contributed by atoms with van der Waals surface area (Å²) in [6.45, 7) is 4.72. The molecule has 1 aliphatic carbocycles. The maximum Gasteiger partial charge on any atom is 0.204 e. The molecule has 2 nitrogen and oxygen atoms in total. The molecule has 0 bridgehead atoms. The van der Waals surface area contributed by atoms with Gasteiger partial charge >= 0.3 is 0 Å². The monoisotopic (exact) mass is 312 g/mol. The minimum atomic E-state index is -0.967. The molecule has 4 heteroatoms. The van der Waals surface area contributed by atoms with E-state index in [1.165, 1.54) is 37.8 Å². The average Bonchev–Trinajstić information content (AvgIpc) is 2.53. The van der Waals surface area contributed by atoms with E-state index in [2.05, 4.69) is 6.92 Å². The van der Waals surface area contributed by atoms with Crippen molar-refractivity contribution in [2.24, 2.45) is 11.8 Å². The van der Waals surface area contributed by atoms with Gasteiger partial charge in [-0.2, -0.15) is 8.78 Å². The van der Waals surface area contributed by atoms with Crippen molar-refractivity contribution in [1.29, 1.82) is 0 Å². The molecule has 0 amide bonds. The van der Waals surface area contributed by atoms with Crippen LogP contribution in [-0.2, 0) is 0 Å². The number of halogens is 2. The zero-order chi connectivity index (χ0) is 15.9. The van der Waals surface area contributed by atoms with Gasteiger partial charge in [0.1, 0.15) is 0 Å². The Bertz CT molecular complexity index is 468. The first kappa shape index (κ1) is 17.0. The van der Waals surface area contributed by atoms with E-state index in [1.54, 1.807) is 6.92 Å². The van der Waals surface area contributed by atoms with Gasteiger partial charge in [0, 0.05) is 0 Å². The third-order valence-corrected chi connectivity index (χ3v) is 4.45. The van der Waals surface area contributed by atoms with Crippen LogP contribution < -0.4 is 9.47 Å². The van der Waals surface area contributed by atoms with E-state index < -0.39 is 11.6 Å². The molecule has 2 rings (SSSR count). The summed E-state index contributed by atoms with van der Waals surface area (Å²) in [5.74, 6) is -0.719. The van der Waals surface area contributed by atoms with Crippen LogP contribution in [-0.4, -0.2) is 13.2 Å². The predicted molar refractivity (Wildman–Crippen MR) is 83.4 cm³/mol. The van der Waals surface area contributed by atoms with Crippen molar-refractivity contribution in [2.75, 3.05) is 13.2 Å². The topological polar surface area (TPSA) is 18.5 Å². The molecule has 1 aliphatic rings. The average molecular weight is 312 g/mol. The molecule has 0 spiro atoms. The second-order valence-corrected chi connectivity index (χ2v) is 6.11. The Hall–Kier alpha value is -1.32. The summed E-state index contributed by atoms with van der Waals surface area (Å²) >= 11 is 0. The normalized spacial score (nSPS) is 21.6. The molecule has 0 heterocycles. The van der Waals surface area contributed by atoms with Crippen molar-refractivity contribution in [3.8, 4) is 11.5 Å². The van der Waals surface area contributed by atoms with Gasteiger partial charge in [0.2, 0.25) is 11.6 Å². The Labute approximate surface area is 131 Å². The largest absolute Gasteiger partial charge is 0.491 e. The third kappa shape index (κ3) is 4.34. The minimum Gasteiger partial charge on any atom is -0.491 e. The van der Waals surface area contributed by atoms with Crippen LogP contribution in [0.1, 0.15) is 52.4 Å². The van der Waals surface area contributed by atoms with Gasteiger partial charge in [-0.15, -0.1) is 0 Å². The van der Waals surface area contributed by atoms with Gasteiger partial charge in [0.15, 0.2) is 11.5 Å². The second kappa shape index (κ2) is 8.35. The number of rotatable bonds is 7. The lowest BCUT2D eigenvalue weighted by Crippen LogP contribution is -2.20. The molecule has 1 saturated carbocycles. The first-order valence-electron chi connectivity index (χ1n) is 8.39. The fourth-order valence-electron chi connectivity index (χ4n) is 3.20. The molecule has 0 radical (unpaired) electrons. The maximum absolute atomic E-state index is 13.9. The SMILES string of the molecule is CCC[C@H]1CC[C@H](COc2ccc(OCC)c(F)c2F)CC1. The highest BCUT2D eigenvalue weighted by Crippen LogP contribution is 2.33. The quantitative estimate of drug-likeness (QED) is 0.676. The summed E-state index contributed by atoms with van der Waals surface area (Å²) in [5.41, 5.74) is 0. The summed E-state index contributed by atoms with van der Waals surface area (Å²) in [5, 5.41) is 0. The van der Waals surface area contributed by atoms with Gasteiger partial charge in [0.05, 0.1) is 13.2 Å². The molecule has 0 saturated heterocycles. The fourth-order valence-corrected chi connectivity index (χ4v) is 3.20. The van der Waals surface area contributed by atoms with Crippen LogP contribution in [0.4, 0.5) is 8.78 Å². The van der Waals surface area contributed by atoms with E-state index >= 15 is 0 Å². The minimum absolute atomic E-state index is 0.0170. The van der Waals surface area contributed by atoms with Crippen LogP contribution in [0, 0.1) is 23.5 Å². The zero-order valence-corrected chi connectivity index (χ0v) is 13.5. The van der Waals surface area contributed by atoms with Gasteiger partial charge in [0.25, 0.3) is 0 Å². The molecule has 0 aromatic heterocycles. The Morgan fingerprint density at radius 2 is 1.45 bits per heavy atom. The molecule has 0 aliphatic heterocycles. The third-order valence-electron chi connectivity index (χ3n) is 4.45. The summed E-state index contributed by atoms with van der Waals surface area (Å²) in [6, 6.07) is 2.88. The number of benzene rings is 1. The molecule has 1 aromatic rings. The lowest BCUT2D eigenvalue weighted by atomic mass is 9.80. The van der Waals surface area contributed by atoms with Crippen LogP contribution in [0.5, 0.6) is 11.5 Å². The molecular weight excluding hydrogens is 286 g/mol. The van der Waals surface area contributed by atoms with Crippen molar-refractivity contribution < 1.29 is 18.3 Å². The van der Waals surface area contributed by atoms with Crippen LogP contribution in [0.2, 0.25) is 0 Å². The van der Waals surface area contributed by atoms with Crippen molar-refractivity contribution in [3.05, 3.63) is 23.8 Å². The lowest BCUT2D eigenvalue weighted by molar-refractivity contribution is 0.173. The summed E-state index contributed by atoms with van der Waals surface area (Å²) < 4.78 is 38.2.